The molecule has 2 aromatic heterocycles. The van der Waals surface area contributed by atoms with Crippen LogP contribution in [0.4, 0.5) is 4.39 Å². The molecule has 6 rings (SSSR count). The van der Waals surface area contributed by atoms with Crippen molar-refractivity contribution in [3.63, 3.8) is 0 Å². The molecule has 132 valence electrons. The van der Waals surface area contributed by atoms with Crippen molar-refractivity contribution in [3.05, 3.63) is 17.8 Å². The molecular weight excluding hydrogens is 329 g/mol. The number of fused-ring (bicyclic) bond motifs is 2. The first-order valence-corrected chi connectivity index (χ1v) is 8.42. The number of aromatic nitrogens is 3. The van der Waals surface area contributed by atoms with Crippen LogP contribution in [0.2, 0.25) is 0 Å². The van der Waals surface area contributed by atoms with Gasteiger partial charge in [0.1, 0.15) is 23.9 Å². The van der Waals surface area contributed by atoms with Crippen LogP contribution in [0.1, 0.15) is 36.0 Å². The highest BCUT2D eigenvalue weighted by atomic mass is 19.1. The van der Waals surface area contributed by atoms with E-state index in [-0.39, 0.29) is 17.5 Å². The standard InChI is InChI=1S/C17H18FN3O4/c1-23-15(22)12-4-10-5-21(16-6-17(7-16,8-18)24-9-16)20-13(10)19-14(12)25-11-2-3-11/h4-5,11H,2-3,6-9H2,1H3. The Labute approximate surface area is 143 Å². The summed E-state index contributed by atoms with van der Waals surface area (Å²) < 4.78 is 31.2. The average molecular weight is 347 g/mol. The maximum Gasteiger partial charge on any atom is 0.343 e. The summed E-state index contributed by atoms with van der Waals surface area (Å²) in [5.41, 5.74) is -0.144. The van der Waals surface area contributed by atoms with Crippen LogP contribution in [0.5, 0.6) is 5.88 Å². The molecule has 4 heterocycles. The Bertz CT molecular complexity index is 870. The first kappa shape index (κ1) is 15.1. The molecule has 0 N–H and O–H groups in total. The molecule has 0 aromatic carbocycles. The van der Waals surface area contributed by atoms with E-state index in [1.54, 1.807) is 6.07 Å². The summed E-state index contributed by atoms with van der Waals surface area (Å²) in [6, 6.07) is 1.70. The summed E-state index contributed by atoms with van der Waals surface area (Å²) in [6.45, 7) is -0.0279. The van der Waals surface area contributed by atoms with E-state index in [0.29, 0.717) is 30.7 Å². The highest BCUT2D eigenvalue weighted by Gasteiger charge is 2.64. The van der Waals surface area contributed by atoms with Gasteiger partial charge in [0, 0.05) is 24.4 Å². The molecule has 2 saturated heterocycles. The number of rotatable bonds is 5. The van der Waals surface area contributed by atoms with Gasteiger partial charge in [-0.05, 0) is 18.9 Å². The fraction of sp³-hybridized carbons (Fsp3) is 0.588. The largest absolute Gasteiger partial charge is 0.474 e. The van der Waals surface area contributed by atoms with Gasteiger partial charge in [-0.3, -0.25) is 4.68 Å². The van der Waals surface area contributed by atoms with Gasteiger partial charge >= 0.3 is 5.97 Å². The van der Waals surface area contributed by atoms with E-state index in [1.165, 1.54) is 7.11 Å². The van der Waals surface area contributed by atoms with Crippen LogP contribution in [0, 0.1) is 0 Å². The van der Waals surface area contributed by atoms with E-state index in [9.17, 15) is 9.18 Å². The summed E-state index contributed by atoms with van der Waals surface area (Å²) in [5, 5.41) is 5.28. The van der Waals surface area contributed by atoms with Gasteiger partial charge in [0.2, 0.25) is 5.88 Å². The van der Waals surface area contributed by atoms with Gasteiger partial charge in [0.05, 0.1) is 19.3 Å². The zero-order valence-corrected chi connectivity index (χ0v) is 13.8. The molecule has 8 heteroatoms. The minimum atomic E-state index is -0.636. The molecule has 4 aliphatic rings. The van der Waals surface area contributed by atoms with E-state index < -0.39 is 18.2 Å². The van der Waals surface area contributed by atoms with Crippen molar-refractivity contribution in [1.29, 1.82) is 0 Å². The number of alkyl halides is 1. The number of halogens is 1. The van der Waals surface area contributed by atoms with E-state index in [1.807, 2.05) is 10.9 Å². The van der Waals surface area contributed by atoms with Crippen molar-refractivity contribution in [2.45, 2.75) is 42.9 Å². The Kier molecular flexibility index (Phi) is 2.96. The maximum absolute atomic E-state index is 13.1. The highest BCUT2D eigenvalue weighted by molar-refractivity contribution is 5.95. The summed E-state index contributed by atoms with van der Waals surface area (Å²) in [7, 11) is 1.33. The van der Waals surface area contributed by atoms with Crippen molar-refractivity contribution in [2.75, 3.05) is 20.4 Å². The van der Waals surface area contributed by atoms with Crippen LogP contribution in [0.15, 0.2) is 12.3 Å². The number of carbonyl (C=O) groups excluding carboxylic acids is 1. The zero-order valence-electron chi connectivity index (χ0n) is 13.8. The van der Waals surface area contributed by atoms with Gasteiger partial charge in [-0.1, -0.05) is 0 Å². The van der Waals surface area contributed by atoms with E-state index in [2.05, 4.69) is 10.1 Å². The number of pyridine rings is 1. The lowest BCUT2D eigenvalue weighted by Crippen LogP contribution is -2.52. The summed E-state index contributed by atoms with van der Waals surface area (Å²) >= 11 is 0. The molecular formula is C17H18FN3O4. The number of esters is 1. The molecule has 2 aliphatic heterocycles. The lowest BCUT2D eigenvalue weighted by atomic mass is 9.69. The second-order valence-electron chi connectivity index (χ2n) is 7.32. The molecule has 2 aromatic rings. The molecule has 0 spiro atoms. The Hall–Kier alpha value is -2.22. The molecule has 4 fully saturated rings. The normalized spacial score (nSPS) is 30.3. The van der Waals surface area contributed by atoms with Gasteiger partial charge in [-0.15, -0.1) is 0 Å². The Morgan fingerprint density at radius 3 is 2.92 bits per heavy atom. The topological polar surface area (TPSA) is 75.5 Å². The van der Waals surface area contributed by atoms with E-state index >= 15 is 0 Å². The van der Waals surface area contributed by atoms with Gasteiger partial charge in [-0.25, -0.2) is 9.18 Å². The number of nitrogens with zero attached hydrogens (tertiary/aromatic N) is 3. The molecule has 25 heavy (non-hydrogen) atoms. The van der Waals surface area contributed by atoms with E-state index in [4.69, 9.17) is 14.2 Å². The monoisotopic (exact) mass is 347 g/mol. The molecule has 2 aliphatic carbocycles. The van der Waals surface area contributed by atoms with Crippen LogP contribution in [0.25, 0.3) is 11.0 Å². The van der Waals surface area contributed by atoms with Crippen LogP contribution < -0.4 is 4.74 Å². The lowest BCUT2D eigenvalue weighted by molar-refractivity contribution is -0.0336. The average Bonchev–Trinajstić information content (AvgIpc) is 3.05. The lowest BCUT2D eigenvalue weighted by Gasteiger charge is -2.42. The third-order valence-electron chi connectivity index (χ3n) is 5.35. The van der Waals surface area contributed by atoms with Gasteiger partial charge in [-0.2, -0.15) is 10.1 Å². The molecule has 7 nitrogen and oxygen atoms in total. The van der Waals surface area contributed by atoms with Gasteiger partial charge < -0.3 is 14.2 Å². The first-order valence-electron chi connectivity index (χ1n) is 8.42. The molecule has 2 bridgehead atoms. The molecule has 2 saturated carbocycles. The van der Waals surface area contributed by atoms with Gasteiger partial charge in [0.25, 0.3) is 0 Å². The first-order chi connectivity index (χ1) is 12.1. The fourth-order valence-corrected chi connectivity index (χ4v) is 3.87. The molecule has 0 atom stereocenters. The Morgan fingerprint density at radius 2 is 2.28 bits per heavy atom. The van der Waals surface area contributed by atoms with Crippen LogP contribution in [-0.2, 0) is 15.0 Å². The number of carbonyl (C=O) groups is 1. The number of hydrogen-bond acceptors (Lipinski definition) is 6. The van der Waals surface area contributed by atoms with Crippen LogP contribution >= 0.6 is 0 Å². The number of hydrogen-bond donors (Lipinski definition) is 0. The predicted molar refractivity (Wildman–Crippen MR) is 84.4 cm³/mol. The number of ether oxygens (including phenoxy) is 3. The summed E-state index contributed by atoms with van der Waals surface area (Å²) in [4.78, 5) is 16.5. The third-order valence-corrected chi connectivity index (χ3v) is 5.35. The quantitative estimate of drug-likeness (QED) is 0.770. The Morgan fingerprint density at radius 1 is 1.48 bits per heavy atom. The minimum absolute atomic E-state index is 0.106. The maximum atomic E-state index is 13.1. The molecule has 0 amide bonds. The minimum Gasteiger partial charge on any atom is -0.474 e. The van der Waals surface area contributed by atoms with Crippen molar-refractivity contribution >= 4 is 17.0 Å². The SMILES string of the molecule is COC(=O)c1cc2cn(C34COC(CF)(C3)C4)nc2nc1OC1CC1. The zero-order chi connectivity index (χ0) is 17.2. The van der Waals surface area contributed by atoms with Crippen LogP contribution in [0.3, 0.4) is 0 Å². The molecule has 0 unspecified atom stereocenters. The van der Waals surface area contributed by atoms with Crippen molar-refractivity contribution in [3.8, 4) is 5.88 Å². The summed E-state index contributed by atoms with van der Waals surface area (Å²) in [5.74, 6) is -0.223. The second kappa shape index (κ2) is 4.91. The summed E-state index contributed by atoms with van der Waals surface area (Å²) in [6.07, 6.45) is 5.08. The predicted octanol–water partition coefficient (Wildman–Crippen LogP) is 1.99. The number of methoxy groups -OCH3 is 1. The van der Waals surface area contributed by atoms with Crippen molar-refractivity contribution in [1.82, 2.24) is 14.8 Å². The van der Waals surface area contributed by atoms with Gasteiger partial charge in [0.15, 0.2) is 5.65 Å². The molecule has 0 radical (unpaired) electrons. The highest BCUT2D eigenvalue weighted by Crippen LogP contribution is 2.56. The van der Waals surface area contributed by atoms with Crippen molar-refractivity contribution in [2.24, 2.45) is 0 Å². The smallest absolute Gasteiger partial charge is 0.343 e. The third kappa shape index (κ3) is 2.16. The van der Waals surface area contributed by atoms with Crippen molar-refractivity contribution < 1.29 is 23.4 Å². The second-order valence-corrected chi connectivity index (χ2v) is 7.32. The van der Waals surface area contributed by atoms with Crippen LogP contribution in [-0.4, -0.2) is 52.8 Å². The Balaban J connectivity index is 1.54. The van der Waals surface area contributed by atoms with E-state index in [0.717, 1.165) is 18.2 Å². The fourth-order valence-electron chi connectivity index (χ4n) is 3.87.